The summed E-state index contributed by atoms with van der Waals surface area (Å²) in [4.78, 5) is 4.12. The second kappa shape index (κ2) is 3.83. The summed E-state index contributed by atoms with van der Waals surface area (Å²) in [5.41, 5.74) is 6.67. The fourth-order valence-electron chi connectivity index (χ4n) is 2.67. The minimum atomic E-state index is 0.448. The van der Waals surface area contributed by atoms with Gasteiger partial charge in [0.2, 0.25) is 0 Å². The van der Waals surface area contributed by atoms with Gasteiger partial charge >= 0.3 is 0 Å². The second-order valence-corrected chi connectivity index (χ2v) is 4.40. The number of aromatic nitrogens is 4. The van der Waals surface area contributed by atoms with E-state index in [0.29, 0.717) is 11.8 Å². The highest BCUT2D eigenvalue weighted by Gasteiger charge is 2.30. The molecule has 0 amide bonds. The summed E-state index contributed by atoms with van der Waals surface area (Å²) in [6.07, 6.45) is 7.13. The average Bonchev–Trinajstić information content (AvgIpc) is 2.94. The molecule has 2 aromatic heterocycles. The number of nitrogens with two attached hydrogens (primary N) is 1. The molecule has 5 nitrogen and oxygen atoms in total. The highest BCUT2D eigenvalue weighted by atomic mass is 15.3. The third-order valence-electron chi connectivity index (χ3n) is 3.53. The Morgan fingerprint density at radius 1 is 1.38 bits per heavy atom. The zero-order valence-electron chi connectivity index (χ0n) is 9.08. The Morgan fingerprint density at radius 2 is 2.31 bits per heavy atom. The van der Waals surface area contributed by atoms with Crippen LogP contribution in [0.2, 0.25) is 0 Å². The predicted molar refractivity (Wildman–Crippen MR) is 59.9 cm³/mol. The SMILES string of the molecule is NCC1CCCC1c1nnc2ccncn12. The number of fused-ring (bicyclic) bond motifs is 1. The van der Waals surface area contributed by atoms with Crippen LogP contribution in [0.4, 0.5) is 0 Å². The molecule has 0 saturated heterocycles. The molecule has 1 aliphatic carbocycles. The third kappa shape index (κ3) is 1.39. The van der Waals surface area contributed by atoms with Crippen LogP contribution in [-0.2, 0) is 0 Å². The Morgan fingerprint density at radius 3 is 3.19 bits per heavy atom. The van der Waals surface area contributed by atoms with Crippen molar-refractivity contribution in [2.45, 2.75) is 25.2 Å². The summed E-state index contributed by atoms with van der Waals surface area (Å²) in [5, 5.41) is 8.46. The molecule has 1 aliphatic rings. The monoisotopic (exact) mass is 217 g/mol. The zero-order chi connectivity index (χ0) is 11.0. The molecule has 0 radical (unpaired) electrons. The van der Waals surface area contributed by atoms with E-state index in [-0.39, 0.29) is 0 Å². The Kier molecular flexibility index (Phi) is 2.32. The van der Waals surface area contributed by atoms with Gasteiger partial charge in [0, 0.05) is 18.2 Å². The first kappa shape index (κ1) is 9.72. The number of hydrogen-bond acceptors (Lipinski definition) is 4. The molecule has 2 N–H and O–H groups in total. The smallest absolute Gasteiger partial charge is 0.163 e. The van der Waals surface area contributed by atoms with Gasteiger partial charge in [-0.3, -0.25) is 4.40 Å². The molecular weight excluding hydrogens is 202 g/mol. The molecule has 84 valence electrons. The van der Waals surface area contributed by atoms with Crippen LogP contribution in [0.3, 0.4) is 0 Å². The van der Waals surface area contributed by atoms with Crippen LogP contribution in [0.1, 0.15) is 31.0 Å². The molecule has 2 aromatic rings. The van der Waals surface area contributed by atoms with Gasteiger partial charge in [-0.1, -0.05) is 6.42 Å². The van der Waals surface area contributed by atoms with E-state index in [1.54, 1.807) is 12.5 Å². The average molecular weight is 217 g/mol. The largest absolute Gasteiger partial charge is 0.330 e. The summed E-state index contributed by atoms with van der Waals surface area (Å²) >= 11 is 0. The number of rotatable bonds is 2. The highest BCUT2D eigenvalue weighted by molar-refractivity contribution is 5.36. The highest BCUT2D eigenvalue weighted by Crippen LogP contribution is 2.37. The molecule has 2 heterocycles. The van der Waals surface area contributed by atoms with Crippen LogP contribution < -0.4 is 5.73 Å². The van der Waals surface area contributed by atoms with Crippen molar-refractivity contribution in [3.05, 3.63) is 24.4 Å². The summed E-state index contributed by atoms with van der Waals surface area (Å²) in [7, 11) is 0. The van der Waals surface area contributed by atoms with Crippen LogP contribution in [-0.4, -0.2) is 26.1 Å². The summed E-state index contributed by atoms with van der Waals surface area (Å²) < 4.78 is 1.98. The standard InChI is InChI=1S/C11H15N5/c12-6-8-2-1-3-9(8)11-15-14-10-4-5-13-7-16(10)11/h4-5,7-9H,1-3,6,12H2. The molecule has 5 heteroatoms. The summed E-state index contributed by atoms with van der Waals surface area (Å²) in [5.74, 6) is 2.02. The maximum atomic E-state index is 5.80. The Bertz CT molecular complexity index is 492. The van der Waals surface area contributed by atoms with Gasteiger partial charge in [-0.15, -0.1) is 10.2 Å². The molecule has 16 heavy (non-hydrogen) atoms. The molecule has 3 rings (SSSR count). The van der Waals surface area contributed by atoms with E-state index in [2.05, 4.69) is 15.2 Å². The van der Waals surface area contributed by atoms with Gasteiger partial charge in [-0.2, -0.15) is 0 Å². The topological polar surface area (TPSA) is 69.1 Å². The summed E-state index contributed by atoms with van der Waals surface area (Å²) in [6, 6.07) is 1.88. The first-order valence-electron chi connectivity index (χ1n) is 5.75. The van der Waals surface area contributed by atoms with E-state index in [0.717, 1.165) is 24.4 Å². The normalized spacial score (nSPS) is 25.3. The molecule has 1 saturated carbocycles. The molecule has 2 atom stereocenters. The Hall–Kier alpha value is -1.49. The zero-order valence-corrected chi connectivity index (χ0v) is 9.08. The van der Waals surface area contributed by atoms with Crippen molar-refractivity contribution >= 4 is 5.65 Å². The van der Waals surface area contributed by atoms with Crippen LogP contribution in [0.15, 0.2) is 18.6 Å². The van der Waals surface area contributed by atoms with Crippen molar-refractivity contribution < 1.29 is 0 Å². The maximum Gasteiger partial charge on any atom is 0.163 e. The van der Waals surface area contributed by atoms with E-state index in [4.69, 9.17) is 5.73 Å². The maximum absolute atomic E-state index is 5.80. The lowest BCUT2D eigenvalue weighted by atomic mass is 9.95. The van der Waals surface area contributed by atoms with Gasteiger partial charge in [0.15, 0.2) is 5.65 Å². The molecule has 1 fully saturated rings. The minimum Gasteiger partial charge on any atom is -0.330 e. The van der Waals surface area contributed by atoms with Crippen molar-refractivity contribution in [3.8, 4) is 0 Å². The molecular formula is C11H15N5. The van der Waals surface area contributed by atoms with Crippen molar-refractivity contribution in [1.29, 1.82) is 0 Å². The van der Waals surface area contributed by atoms with Crippen molar-refractivity contribution in [2.75, 3.05) is 6.54 Å². The van der Waals surface area contributed by atoms with E-state index < -0.39 is 0 Å². The van der Waals surface area contributed by atoms with Gasteiger partial charge < -0.3 is 5.73 Å². The van der Waals surface area contributed by atoms with Gasteiger partial charge in [0.25, 0.3) is 0 Å². The van der Waals surface area contributed by atoms with E-state index >= 15 is 0 Å². The van der Waals surface area contributed by atoms with Crippen molar-refractivity contribution in [1.82, 2.24) is 19.6 Å². The quantitative estimate of drug-likeness (QED) is 0.813. The van der Waals surface area contributed by atoms with Crippen molar-refractivity contribution in [2.24, 2.45) is 11.7 Å². The lowest BCUT2D eigenvalue weighted by Crippen LogP contribution is -2.19. The van der Waals surface area contributed by atoms with E-state index in [1.165, 1.54) is 12.8 Å². The number of nitrogens with zero attached hydrogens (tertiary/aromatic N) is 4. The predicted octanol–water partition coefficient (Wildman–Crippen LogP) is 0.967. The lowest BCUT2D eigenvalue weighted by Gasteiger charge is -2.15. The molecule has 0 spiro atoms. The van der Waals surface area contributed by atoms with E-state index in [9.17, 15) is 0 Å². The summed E-state index contributed by atoms with van der Waals surface area (Å²) in [6.45, 7) is 0.736. The van der Waals surface area contributed by atoms with Crippen LogP contribution in [0.25, 0.3) is 5.65 Å². The van der Waals surface area contributed by atoms with Gasteiger partial charge in [-0.25, -0.2) is 4.98 Å². The fraction of sp³-hybridized carbons (Fsp3) is 0.545. The second-order valence-electron chi connectivity index (χ2n) is 4.40. The van der Waals surface area contributed by atoms with E-state index in [1.807, 2.05) is 10.5 Å². The van der Waals surface area contributed by atoms with Crippen LogP contribution in [0.5, 0.6) is 0 Å². The molecule has 0 aromatic carbocycles. The van der Waals surface area contributed by atoms with Crippen LogP contribution >= 0.6 is 0 Å². The Balaban J connectivity index is 2.05. The van der Waals surface area contributed by atoms with Crippen molar-refractivity contribution in [3.63, 3.8) is 0 Å². The molecule has 0 bridgehead atoms. The van der Waals surface area contributed by atoms with Crippen LogP contribution in [0, 0.1) is 5.92 Å². The van der Waals surface area contributed by atoms with Gasteiger partial charge in [0.1, 0.15) is 12.2 Å². The molecule has 2 unspecified atom stereocenters. The Labute approximate surface area is 93.7 Å². The number of hydrogen-bond donors (Lipinski definition) is 1. The minimum absolute atomic E-state index is 0.448. The van der Waals surface area contributed by atoms with Gasteiger partial charge in [0.05, 0.1) is 0 Å². The van der Waals surface area contributed by atoms with Gasteiger partial charge in [-0.05, 0) is 25.3 Å². The fourth-order valence-corrected chi connectivity index (χ4v) is 2.67. The first-order chi connectivity index (χ1) is 7.90. The molecule has 0 aliphatic heterocycles. The lowest BCUT2D eigenvalue weighted by molar-refractivity contribution is 0.474. The first-order valence-corrected chi connectivity index (χ1v) is 5.75. The third-order valence-corrected chi connectivity index (χ3v) is 3.53.